The van der Waals surface area contributed by atoms with Crippen molar-refractivity contribution in [2.24, 2.45) is 0 Å². The molecule has 0 aliphatic carbocycles. The minimum atomic E-state index is -0.113. The summed E-state index contributed by atoms with van der Waals surface area (Å²) in [5.74, 6) is -0.113. The quantitative estimate of drug-likeness (QED) is 0.647. The third-order valence-corrected chi connectivity index (χ3v) is 6.40. The molecular weight excluding hydrogens is 392 g/mol. The Kier molecular flexibility index (Phi) is 6.45. The van der Waals surface area contributed by atoms with Gasteiger partial charge in [-0.25, -0.2) is 4.98 Å². The van der Waals surface area contributed by atoms with Gasteiger partial charge in [0.1, 0.15) is 10.7 Å². The van der Waals surface area contributed by atoms with E-state index in [-0.39, 0.29) is 11.9 Å². The van der Waals surface area contributed by atoms with Crippen LogP contribution in [0.2, 0.25) is 0 Å². The molecule has 1 aromatic heterocycles. The third-order valence-electron chi connectivity index (χ3n) is 5.56. The topological polar surface area (TPSA) is 48.5 Å². The lowest BCUT2D eigenvalue weighted by molar-refractivity contribution is 0.0935. The number of aromatic nitrogens is 1. The Hall–Kier alpha value is -2.70. The van der Waals surface area contributed by atoms with Crippen molar-refractivity contribution in [3.05, 3.63) is 81.8 Å². The molecule has 1 fully saturated rings. The smallest absolute Gasteiger partial charge is 0.271 e. The van der Waals surface area contributed by atoms with Gasteiger partial charge in [0.15, 0.2) is 0 Å². The van der Waals surface area contributed by atoms with E-state index in [1.54, 1.807) is 11.3 Å². The van der Waals surface area contributed by atoms with Crippen LogP contribution in [-0.4, -0.2) is 42.0 Å². The maximum atomic E-state index is 12.6. The first kappa shape index (κ1) is 20.6. The van der Waals surface area contributed by atoms with Gasteiger partial charge in [-0.15, -0.1) is 11.3 Å². The van der Waals surface area contributed by atoms with Crippen molar-refractivity contribution in [1.29, 1.82) is 0 Å². The van der Waals surface area contributed by atoms with E-state index >= 15 is 0 Å². The number of hydrogen-bond donors (Lipinski definition) is 1. The SMILES string of the molecule is Cc1ccc(N2CCN(Cc3nc(C(=O)NC(C)c4ccccc4)cs3)CC2)cc1. The highest BCUT2D eigenvalue weighted by Crippen LogP contribution is 2.19. The predicted molar refractivity (Wildman–Crippen MR) is 123 cm³/mol. The van der Waals surface area contributed by atoms with E-state index in [4.69, 9.17) is 0 Å². The molecule has 0 radical (unpaired) electrons. The summed E-state index contributed by atoms with van der Waals surface area (Å²) < 4.78 is 0. The van der Waals surface area contributed by atoms with Crippen LogP contribution in [0.3, 0.4) is 0 Å². The Morgan fingerprint density at radius 1 is 1.07 bits per heavy atom. The Balaban J connectivity index is 1.28. The zero-order valence-corrected chi connectivity index (χ0v) is 18.4. The molecule has 2 aromatic carbocycles. The Bertz CT molecular complexity index is 962. The molecule has 0 bridgehead atoms. The van der Waals surface area contributed by atoms with Gasteiger partial charge in [-0.05, 0) is 31.5 Å². The van der Waals surface area contributed by atoms with Gasteiger partial charge in [0.2, 0.25) is 0 Å². The van der Waals surface area contributed by atoms with Crippen LogP contribution in [0, 0.1) is 6.92 Å². The van der Waals surface area contributed by atoms with Crippen LogP contribution < -0.4 is 10.2 Å². The highest BCUT2D eigenvalue weighted by molar-refractivity contribution is 7.09. The summed E-state index contributed by atoms with van der Waals surface area (Å²) in [7, 11) is 0. The molecule has 1 amide bonds. The molecule has 1 aliphatic heterocycles. The van der Waals surface area contributed by atoms with E-state index in [1.807, 2.05) is 42.6 Å². The molecule has 4 rings (SSSR count). The first-order chi connectivity index (χ1) is 14.6. The van der Waals surface area contributed by atoms with Crippen molar-refractivity contribution in [3.63, 3.8) is 0 Å². The average molecular weight is 421 g/mol. The van der Waals surface area contributed by atoms with Crippen molar-refractivity contribution in [1.82, 2.24) is 15.2 Å². The fraction of sp³-hybridized carbons (Fsp3) is 0.333. The van der Waals surface area contributed by atoms with Crippen molar-refractivity contribution < 1.29 is 4.79 Å². The molecule has 0 spiro atoms. The molecule has 2 heterocycles. The largest absolute Gasteiger partial charge is 0.369 e. The van der Waals surface area contributed by atoms with E-state index < -0.39 is 0 Å². The monoisotopic (exact) mass is 420 g/mol. The summed E-state index contributed by atoms with van der Waals surface area (Å²) in [6.45, 7) is 8.93. The second-order valence-electron chi connectivity index (χ2n) is 7.83. The standard InChI is InChI=1S/C24H28N4OS/c1-18-8-10-21(11-9-18)28-14-12-27(13-15-28)16-23-26-22(17-30-23)24(29)25-19(2)20-6-4-3-5-7-20/h3-11,17,19H,12-16H2,1-2H3,(H,25,29). The second kappa shape index (κ2) is 9.41. The van der Waals surface area contributed by atoms with E-state index in [0.29, 0.717) is 5.69 Å². The molecule has 1 aliphatic rings. The molecule has 1 atom stereocenters. The lowest BCUT2D eigenvalue weighted by atomic mass is 10.1. The number of anilines is 1. The maximum absolute atomic E-state index is 12.6. The number of hydrogen-bond acceptors (Lipinski definition) is 5. The number of piperazine rings is 1. The Labute approximate surface area is 182 Å². The van der Waals surface area contributed by atoms with E-state index in [2.05, 4.69) is 51.3 Å². The number of nitrogens with zero attached hydrogens (tertiary/aromatic N) is 3. The number of benzene rings is 2. The minimum absolute atomic E-state index is 0.0429. The molecule has 1 N–H and O–H groups in total. The van der Waals surface area contributed by atoms with Gasteiger partial charge in [0.05, 0.1) is 12.6 Å². The first-order valence-electron chi connectivity index (χ1n) is 10.4. The molecule has 156 valence electrons. The molecule has 6 heteroatoms. The fourth-order valence-electron chi connectivity index (χ4n) is 3.69. The summed E-state index contributed by atoms with van der Waals surface area (Å²) in [5, 5.41) is 5.90. The lowest BCUT2D eigenvalue weighted by Gasteiger charge is -2.35. The lowest BCUT2D eigenvalue weighted by Crippen LogP contribution is -2.45. The van der Waals surface area contributed by atoms with Gasteiger partial charge in [0, 0.05) is 37.2 Å². The van der Waals surface area contributed by atoms with Crippen LogP contribution in [-0.2, 0) is 6.54 Å². The van der Waals surface area contributed by atoms with Gasteiger partial charge in [-0.2, -0.15) is 0 Å². The number of nitrogens with one attached hydrogen (secondary N) is 1. The van der Waals surface area contributed by atoms with Crippen LogP contribution in [0.25, 0.3) is 0 Å². The van der Waals surface area contributed by atoms with Gasteiger partial charge in [0.25, 0.3) is 5.91 Å². The molecule has 5 nitrogen and oxygen atoms in total. The average Bonchev–Trinajstić information content (AvgIpc) is 3.24. The molecule has 3 aromatic rings. The molecule has 30 heavy (non-hydrogen) atoms. The normalized spacial score (nSPS) is 15.7. The molecule has 1 saturated heterocycles. The van der Waals surface area contributed by atoms with Gasteiger partial charge in [-0.1, -0.05) is 48.0 Å². The van der Waals surface area contributed by atoms with Crippen LogP contribution in [0.15, 0.2) is 60.0 Å². The molecular formula is C24H28N4OS. The van der Waals surface area contributed by atoms with Crippen LogP contribution in [0.5, 0.6) is 0 Å². The first-order valence-corrected chi connectivity index (χ1v) is 11.3. The fourth-order valence-corrected chi connectivity index (χ4v) is 4.51. The van der Waals surface area contributed by atoms with Gasteiger partial charge in [-0.3, -0.25) is 9.69 Å². The van der Waals surface area contributed by atoms with Crippen LogP contribution in [0.4, 0.5) is 5.69 Å². The van der Waals surface area contributed by atoms with Crippen LogP contribution in [0.1, 0.15) is 39.6 Å². The summed E-state index contributed by atoms with van der Waals surface area (Å²) in [5.41, 5.74) is 4.18. The highest BCUT2D eigenvalue weighted by Gasteiger charge is 2.20. The summed E-state index contributed by atoms with van der Waals surface area (Å²) in [6.07, 6.45) is 0. The zero-order chi connectivity index (χ0) is 20.9. The summed E-state index contributed by atoms with van der Waals surface area (Å²) in [4.78, 5) is 22.0. The maximum Gasteiger partial charge on any atom is 0.271 e. The zero-order valence-electron chi connectivity index (χ0n) is 17.5. The summed E-state index contributed by atoms with van der Waals surface area (Å²) in [6, 6.07) is 18.7. The number of aryl methyl sites for hydroxylation is 1. The second-order valence-corrected chi connectivity index (χ2v) is 8.77. The number of carbonyl (C=O) groups is 1. The Morgan fingerprint density at radius 3 is 2.47 bits per heavy atom. The van der Waals surface area contributed by atoms with Crippen molar-refractivity contribution in [3.8, 4) is 0 Å². The number of carbonyl (C=O) groups excluding carboxylic acids is 1. The summed E-state index contributed by atoms with van der Waals surface area (Å²) >= 11 is 1.57. The molecule has 1 unspecified atom stereocenters. The van der Waals surface area contributed by atoms with Crippen LogP contribution >= 0.6 is 11.3 Å². The highest BCUT2D eigenvalue weighted by atomic mass is 32.1. The number of amides is 1. The van der Waals surface area contributed by atoms with Gasteiger partial charge >= 0.3 is 0 Å². The van der Waals surface area contributed by atoms with E-state index in [0.717, 1.165) is 43.3 Å². The van der Waals surface area contributed by atoms with E-state index in [9.17, 15) is 4.79 Å². The predicted octanol–water partition coefficient (Wildman–Crippen LogP) is 4.26. The van der Waals surface area contributed by atoms with Crippen molar-refractivity contribution in [2.45, 2.75) is 26.4 Å². The third kappa shape index (κ3) is 5.07. The Morgan fingerprint density at radius 2 is 1.77 bits per heavy atom. The minimum Gasteiger partial charge on any atom is -0.369 e. The van der Waals surface area contributed by atoms with E-state index in [1.165, 1.54) is 11.3 Å². The number of thiazole rings is 1. The number of rotatable bonds is 6. The molecule has 0 saturated carbocycles. The van der Waals surface area contributed by atoms with Gasteiger partial charge < -0.3 is 10.2 Å². The van der Waals surface area contributed by atoms with Crippen molar-refractivity contribution in [2.75, 3.05) is 31.1 Å². The van der Waals surface area contributed by atoms with Crippen molar-refractivity contribution >= 4 is 22.9 Å².